The van der Waals surface area contributed by atoms with Gasteiger partial charge in [0.05, 0.1) is 16.1 Å². The molecular formula is C15H20Cl2N2O. The normalized spacial score (nSPS) is 22.6. The SMILES string of the molecule is CC1CCCNC1C(=O)N(C)Cc1cccc(Cl)c1Cl. The Kier molecular flexibility index (Phi) is 5.30. The number of benzene rings is 1. The van der Waals surface area contributed by atoms with Gasteiger partial charge in [-0.1, -0.05) is 42.3 Å². The van der Waals surface area contributed by atoms with Gasteiger partial charge in [0, 0.05) is 13.6 Å². The average molecular weight is 315 g/mol. The fraction of sp³-hybridized carbons (Fsp3) is 0.533. The first-order valence-electron chi connectivity index (χ1n) is 6.92. The third kappa shape index (κ3) is 3.46. The highest BCUT2D eigenvalue weighted by Crippen LogP contribution is 2.26. The van der Waals surface area contributed by atoms with Gasteiger partial charge in [-0.15, -0.1) is 0 Å². The molecule has 2 rings (SSSR count). The first kappa shape index (κ1) is 15.6. The van der Waals surface area contributed by atoms with Gasteiger partial charge in [0.1, 0.15) is 0 Å². The summed E-state index contributed by atoms with van der Waals surface area (Å²) in [5, 5.41) is 4.36. The van der Waals surface area contributed by atoms with Crippen molar-refractivity contribution in [1.29, 1.82) is 0 Å². The lowest BCUT2D eigenvalue weighted by molar-refractivity contribution is -0.134. The van der Waals surface area contributed by atoms with Gasteiger partial charge in [-0.2, -0.15) is 0 Å². The van der Waals surface area contributed by atoms with Gasteiger partial charge >= 0.3 is 0 Å². The monoisotopic (exact) mass is 314 g/mol. The molecule has 2 unspecified atom stereocenters. The van der Waals surface area contributed by atoms with E-state index < -0.39 is 0 Å². The molecule has 1 aliphatic heterocycles. The highest BCUT2D eigenvalue weighted by atomic mass is 35.5. The molecule has 0 saturated carbocycles. The van der Waals surface area contributed by atoms with Crippen LogP contribution in [0.2, 0.25) is 10.0 Å². The molecule has 110 valence electrons. The number of carbonyl (C=O) groups excluding carboxylic acids is 1. The molecule has 0 spiro atoms. The molecule has 0 bridgehead atoms. The Labute approximate surface area is 130 Å². The summed E-state index contributed by atoms with van der Waals surface area (Å²) in [5.74, 6) is 0.488. The van der Waals surface area contributed by atoms with E-state index in [0.29, 0.717) is 22.5 Å². The van der Waals surface area contributed by atoms with Crippen molar-refractivity contribution in [1.82, 2.24) is 10.2 Å². The Morgan fingerprint density at radius 3 is 2.90 bits per heavy atom. The molecule has 0 aromatic heterocycles. The Bertz CT molecular complexity index is 493. The second kappa shape index (κ2) is 6.79. The first-order chi connectivity index (χ1) is 9.50. The molecule has 1 amide bonds. The molecule has 1 aromatic carbocycles. The summed E-state index contributed by atoms with van der Waals surface area (Å²) in [6, 6.07) is 5.41. The second-order valence-corrected chi connectivity index (χ2v) is 6.24. The number of nitrogens with one attached hydrogen (secondary N) is 1. The largest absolute Gasteiger partial charge is 0.340 e. The number of nitrogens with zero attached hydrogens (tertiary/aromatic N) is 1. The quantitative estimate of drug-likeness (QED) is 0.928. The molecule has 1 fully saturated rings. The van der Waals surface area contributed by atoms with Crippen molar-refractivity contribution in [2.24, 2.45) is 5.92 Å². The van der Waals surface area contributed by atoms with Crippen LogP contribution in [-0.2, 0) is 11.3 Å². The summed E-state index contributed by atoms with van der Waals surface area (Å²) >= 11 is 12.2. The highest BCUT2D eigenvalue weighted by molar-refractivity contribution is 6.42. The zero-order valence-electron chi connectivity index (χ0n) is 11.8. The van der Waals surface area contributed by atoms with Crippen molar-refractivity contribution in [3.8, 4) is 0 Å². The van der Waals surface area contributed by atoms with Crippen molar-refractivity contribution in [2.75, 3.05) is 13.6 Å². The smallest absolute Gasteiger partial charge is 0.240 e. The van der Waals surface area contributed by atoms with Crippen LogP contribution in [-0.4, -0.2) is 30.4 Å². The van der Waals surface area contributed by atoms with Crippen molar-refractivity contribution < 1.29 is 4.79 Å². The lowest BCUT2D eigenvalue weighted by Crippen LogP contribution is -2.51. The van der Waals surface area contributed by atoms with Gasteiger partial charge in [-0.3, -0.25) is 4.79 Å². The maximum atomic E-state index is 12.5. The van der Waals surface area contributed by atoms with Gasteiger partial charge in [-0.25, -0.2) is 0 Å². The number of hydrogen-bond acceptors (Lipinski definition) is 2. The Morgan fingerprint density at radius 1 is 1.45 bits per heavy atom. The molecule has 0 aliphatic carbocycles. The third-order valence-corrected chi connectivity index (χ3v) is 4.71. The van der Waals surface area contributed by atoms with E-state index in [9.17, 15) is 4.79 Å². The van der Waals surface area contributed by atoms with Crippen LogP contribution in [0, 0.1) is 5.92 Å². The molecule has 1 saturated heterocycles. The zero-order valence-corrected chi connectivity index (χ0v) is 13.3. The fourth-order valence-electron chi connectivity index (χ4n) is 2.62. The predicted octanol–water partition coefficient (Wildman–Crippen LogP) is 3.34. The number of halogens is 2. The minimum Gasteiger partial charge on any atom is -0.340 e. The summed E-state index contributed by atoms with van der Waals surface area (Å²) in [7, 11) is 1.81. The minimum absolute atomic E-state index is 0.0910. The van der Waals surface area contributed by atoms with Crippen LogP contribution in [0.15, 0.2) is 18.2 Å². The number of carbonyl (C=O) groups is 1. The van der Waals surface area contributed by atoms with E-state index in [0.717, 1.165) is 24.9 Å². The van der Waals surface area contributed by atoms with Crippen molar-refractivity contribution in [3.05, 3.63) is 33.8 Å². The average Bonchev–Trinajstić information content (AvgIpc) is 2.43. The van der Waals surface area contributed by atoms with Gasteiger partial charge in [0.15, 0.2) is 0 Å². The Hall–Kier alpha value is -0.770. The second-order valence-electron chi connectivity index (χ2n) is 5.46. The first-order valence-corrected chi connectivity index (χ1v) is 7.67. The van der Waals surface area contributed by atoms with Crippen molar-refractivity contribution >= 4 is 29.1 Å². The topological polar surface area (TPSA) is 32.3 Å². The Morgan fingerprint density at radius 2 is 2.20 bits per heavy atom. The number of amides is 1. The van der Waals surface area contributed by atoms with Gasteiger partial charge in [0.2, 0.25) is 5.91 Å². The molecule has 2 atom stereocenters. The van der Waals surface area contributed by atoms with E-state index >= 15 is 0 Å². The Balaban J connectivity index is 2.05. The molecule has 3 nitrogen and oxygen atoms in total. The summed E-state index contributed by atoms with van der Waals surface area (Å²) < 4.78 is 0. The van der Waals surface area contributed by atoms with Crippen LogP contribution in [0.1, 0.15) is 25.3 Å². The van der Waals surface area contributed by atoms with Gasteiger partial charge < -0.3 is 10.2 Å². The standard InChI is InChI=1S/C15H20Cl2N2O/c1-10-5-4-8-18-14(10)15(20)19(2)9-11-6-3-7-12(16)13(11)17/h3,6-7,10,14,18H,4-5,8-9H2,1-2H3. The lowest BCUT2D eigenvalue weighted by Gasteiger charge is -2.32. The van der Waals surface area contributed by atoms with Crippen LogP contribution in [0.3, 0.4) is 0 Å². The fourth-order valence-corrected chi connectivity index (χ4v) is 3.00. The van der Waals surface area contributed by atoms with E-state index in [-0.39, 0.29) is 11.9 Å². The number of likely N-dealkylation sites (N-methyl/N-ethyl adjacent to an activating group) is 1. The zero-order chi connectivity index (χ0) is 14.7. The predicted molar refractivity (Wildman–Crippen MR) is 83.1 cm³/mol. The molecule has 20 heavy (non-hydrogen) atoms. The van der Waals surface area contributed by atoms with Gasteiger partial charge in [-0.05, 0) is 36.9 Å². The van der Waals surface area contributed by atoms with Crippen molar-refractivity contribution in [3.63, 3.8) is 0 Å². The molecule has 1 N–H and O–H groups in total. The molecule has 0 radical (unpaired) electrons. The molecular weight excluding hydrogens is 295 g/mol. The van der Waals surface area contributed by atoms with E-state index in [4.69, 9.17) is 23.2 Å². The highest BCUT2D eigenvalue weighted by Gasteiger charge is 2.29. The van der Waals surface area contributed by atoms with E-state index in [2.05, 4.69) is 12.2 Å². The maximum absolute atomic E-state index is 12.5. The summed E-state index contributed by atoms with van der Waals surface area (Å²) in [5.41, 5.74) is 0.874. The molecule has 1 aliphatic rings. The third-order valence-electron chi connectivity index (χ3n) is 3.85. The van der Waals surface area contributed by atoms with E-state index in [1.807, 2.05) is 19.2 Å². The van der Waals surface area contributed by atoms with Crippen LogP contribution in [0.4, 0.5) is 0 Å². The maximum Gasteiger partial charge on any atom is 0.240 e. The summed E-state index contributed by atoms with van der Waals surface area (Å²) in [6.45, 7) is 3.50. The van der Waals surface area contributed by atoms with E-state index in [1.165, 1.54) is 0 Å². The number of rotatable bonds is 3. The van der Waals surface area contributed by atoms with Gasteiger partial charge in [0.25, 0.3) is 0 Å². The summed E-state index contributed by atoms with van der Waals surface area (Å²) in [4.78, 5) is 14.2. The number of piperidine rings is 1. The molecule has 5 heteroatoms. The summed E-state index contributed by atoms with van der Waals surface area (Å²) in [6.07, 6.45) is 2.23. The van der Waals surface area contributed by atoms with Crippen LogP contribution in [0.25, 0.3) is 0 Å². The van der Waals surface area contributed by atoms with Crippen LogP contribution >= 0.6 is 23.2 Å². The number of hydrogen-bond donors (Lipinski definition) is 1. The van der Waals surface area contributed by atoms with Crippen LogP contribution < -0.4 is 5.32 Å². The molecule has 1 aromatic rings. The van der Waals surface area contributed by atoms with E-state index in [1.54, 1.807) is 11.0 Å². The lowest BCUT2D eigenvalue weighted by atomic mass is 9.92. The molecule has 1 heterocycles. The van der Waals surface area contributed by atoms with Crippen LogP contribution in [0.5, 0.6) is 0 Å². The van der Waals surface area contributed by atoms with Crippen molar-refractivity contribution in [2.45, 2.75) is 32.4 Å². The minimum atomic E-state index is -0.0910.